The van der Waals surface area contributed by atoms with Gasteiger partial charge in [0.1, 0.15) is 11.6 Å². The Balaban J connectivity index is 2.19. The third-order valence-electron chi connectivity index (χ3n) is 3.28. The molecule has 0 aromatic heterocycles. The predicted molar refractivity (Wildman–Crippen MR) is 77.3 cm³/mol. The Hall–Kier alpha value is -1.87. The maximum absolute atomic E-state index is 13.7. The lowest BCUT2D eigenvalue weighted by Gasteiger charge is -2.24. The predicted octanol–water partition coefficient (Wildman–Crippen LogP) is 3.67. The zero-order valence-electron chi connectivity index (χ0n) is 11.8. The van der Waals surface area contributed by atoms with Crippen LogP contribution in [0.25, 0.3) is 0 Å². The molecule has 20 heavy (non-hydrogen) atoms. The molecule has 2 aromatic rings. The van der Waals surface area contributed by atoms with E-state index in [2.05, 4.69) is 0 Å². The van der Waals surface area contributed by atoms with Gasteiger partial charge < -0.3 is 9.84 Å². The van der Waals surface area contributed by atoms with Crippen LogP contribution in [0.1, 0.15) is 25.0 Å². The molecule has 106 valence electrons. The molecule has 0 heterocycles. The fourth-order valence-corrected chi connectivity index (χ4v) is 2.19. The Morgan fingerprint density at radius 2 is 1.75 bits per heavy atom. The maximum Gasteiger partial charge on any atom is 0.126 e. The van der Waals surface area contributed by atoms with E-state index in [1.807, 2.05) is 31.2 Å². The molecule has 0 radical (unpaired) electrons. The van der Waals surface area contributed by atoms with E-state index in [1.165, 1.54) is 6.07 Å². The van der Waals surface area contributed by atoms with Crippen LogP contribution in [0.15, 0.2) is 48.5 Å². The number of benzene rings is 2. The van der Waals surface area contributed by atoms with E-state index in [4.69, 9.17) is 4.74 Å². The fourth-order valence-electron chi connectivity index (χ4n) is 2.19. The highest BCUT2D eigenvalue weighted by molar-refractivity contribution is 5.32. The molecule has 0 aliphatic heterocycles. The summed E-state index contributed by atoms with van der Waals surface area (Å²) >= 11 is 0. The summed E-state index contributed by atoms with van der Waals surface area (Å²) in [4.78, 5) is 0. The van der Waals surface area contributed by atoms with Crippen molar-refractivity contribution in [3.05, 3.63) is 65.5 Å². The van der Waals surface area contributed by atoms with Crippen molar-refractivity contribution >= 4 is 0 Å². The van der Waals surface area contributed by atoms with Crippen molar-refractivity contribution in [3.8, 4) is 5.75 Å². The fraction of sp³-hybridized carbons (Fsp3) is 0.294. The average Bonchev–Trinajstić information content (AvgIpc) is 2.42. The van der Waals surface area contributed by atoms with Gasteiger partial charge in [-0.2, -0.15) is 0 Å². The molecule has 0 spiro atoms. The van der Waals surface area contributed by atoms with Gasteiger partial charge in [0, 0.05) is 6.42 Å². The molecule has 0 bridgehead atoms. The minimum atomic E-state index is -1.12. The lowest BCUT2D eigenvalue weighted by atomic mass is 9.89. The standard InChI is InChI=1S/C17H19FO2/c1-3-20-15-10-8-14(9-11-15)17(2,19)12-13-6-4-5-7-16(13)18/h4-11,19H,3,12H2,1-2H3. The second kappa shape index (κ2) is 6.06. The summed E-state index contributed by atoms with van der Waals surface area (Å²) in [5.41, 5.74) is 0.128. The van der Waals surface area contributed by atoms with Crippen molar-refractivity contribution in [2.24, 2.45) is 0 Å². The van der Waals surface area contributed by atoms with Gasteiger partial charge in [-0.1, -0.05) is 30.3 Å². The lowest BCUT2D eigenvalue weighted by molar-refractivity contribution is 0.0566. The van der Waals surface area contributed by atoms with Crippen molar-refractivity contribution in [1.29, 1.82) is 0 Å². The van der Waals surface area contributed by atoms with Crippen LogP contribution in [-0.2, 0) is 12.0 Å². The first-order chi connectivity index (χ1) is 9.53. The zero-order chi connectivity index (χ0) is 14.6. The van der Waals surface area contributed by atoms with Crippen molar-refractivity contribution in [2.75, 3.05) is 6.61 Å². The third-order valence-corrected chi connectivity index (χ3v) is 3.28. The van der Waals surface area contributed by atoms with Crippen LogP contribution in [0.4, 0.5) is 4.39 Å². The highest BCUT2D eigenvalue weighted by Crippen LogP contribution is 2.27. The zero-order valence-corrected chi connectivity index (χ0v) is 11.8. The Labute approximate surface area is 118 Å². The van der Waals surface area contributed by atoms with Gasteiger partial charge in [0.2, 0.25) is 0 Å². The van der Waals surface area contributed by atoms with Crippen molar-refractivity contribution < 1.29 is 14.2 Å². The van der Waals surface area contributed by atoms with Gasteiger partial charge in [-0.3, -0.25) is 0 Å². The second-order valence-electron chi connectivity index (χ2n) is 5.00. The molecule has 2 rings (SSSR count). The molecular formula is C17H19FO2. The van der Waals surface area contributed by atoms with Gasteiger partial charge in [-0.05, 0) is 43.2 Å². The number of aliphatic hydroxyl groups is 1. The monoisotopic (exact) mass is 274 g/mol. The number of hydrogen-bond donors (Lipinski definition) is 1. The summed E-state index contributed by atoms with van der Waals surface area (Å²) in [6.45, 7) is 4.21. The van der Waals surface area contributed by atoms with Crippen molar-refractivity contribution in [2.45, 2.75) is 25.9 Å². The molecule has 2 aromatic carbocycles. The quantitative estimate of drug-likeness (QED) is 0.901. The summed E-state index contributed by atoms with van der Waals surface area (Å²) < 4.78 is 19.0. The molecule has 0 fully saturated rings. The van der Waals surface area contributed by atoms with Crippen LogP contribution < -0.4 is 4.74 Å². The number of ether oxygens (including phenoxy) is 1. The first-order valence-corrected chi connectivity index (χ1v) is 6.72. The van der Waals surface area contributed by atoms with Crippen molar-refractivity contribution in [3.63, 3.8) is 0 Å². The van der Waals surface area contributed by atoms with Crippen LogP contribution in [0.5, 0.6) is 5.75 Å². The smallest absolute Gasteiger partial charge is 0.126 e. The second-order valence-corrected chi connectivity index (χ2v) is 5.00. The summed E-state index contributed by atoms with van der Waals surface area (Å²) in [6, 6.07) is 13.8. The van der Waals surface area contributed by atoms with Crippen molar-refractivity contribution in [1.82, 2.24) is 0 Å². The Morgan fingerprint density at radius 3 is 2.35 bits per heavy atom. The first-order valence-electron chi connectivity index (χ1n) is 6.72. The van der Waals surface area contributed by atoms with Crippen LogP contribution in [0.3, 0.4) is 0 Å². The molecule has 1 unspecified atom stereocenters. The molecule has 0 aliphatic rings. The van der Waals surface area contributed by atoms with Gasteiger partial charge in [0.05, 0.1) is 12.2 Å². The molecule has 0 saturated heterocycles. The number of rotatable bonds is 5. The molecule has 0 saturated carbocycles. The van der Waals surface area contributed by atoms with Gasteiger partial charge in [-0.15, -0.1) is 0 Å². The minimum absolute atomic E-state index is 0.230. The molecule has 1 atom stereocenters. The first kappa shape index (κ1) is 14.5. The Kier molecular flexibility index (Phi) is 4.40. The minimum Gasteiger partial charge on any atom is -0.494 e. The van der Waals surface area contributed by atoms with Crippen LogP contribution >= 0.6 is 0 Å². The largest absolute Gasteiger partial charge is 0.494 e. The van der Waals surface area contributed by atoms with Crippen LogP contribution in [-0.4, -0.2) is 11.7 Å². The average molecular weight is 274 g/mol. The van der Waals surface area contributed by atoms with E-state index in [0.29, 0.717) is 12.2 Å². The molecular weight excluding hydrogens is 255 g/mol. The summed E-state index contributed by atoms with van der Waals surface area (Å²) in [7, 11) is 0. The molecule has 3 heteroatoms. The molecule has 0 aliphatic carbocycles. The Bertz CT molecular complexity index is 561. The lowest BCUT2D eigenvalue weighted by Crippen LogP contribution is -2.24. The summed E-state index contributed by atoms with van der Waals surface area (Å²) in [5.74, 6) is 0.469. The number of halogens is 1. The summed E-state index contributed by atoms with van der Waals surface area (Å²) in [5, 5.41) is 10.6. The van der Waals surface area contributed by atoms with E-state index in [9.17, 15) is 9.50 Å². The SMILES string of the molecule is CCOc1ccc(C(C)(O)Cc2ccccc2F)cc1. The van der Waals surface area contributed by atoms with E-state index in [0.717, 1.165) is 11.3 Å². The topological polar surface area (TPSA) is 29.5 Å². The van der Waals surface area contributed by atoms with E-state index in [-0.39, 0.29) is 12.2 Å². The van der Waals surface area contributed by atoms with Gasteiger partial charge >= 0.3 is 0 Å². The van der Waals surface area contributed by atoms with Crippen LogP contribution in [0.2, 0.25) is 0 Å². The molecule has 0 amide bonds. The third kappa shape index (κ3) is 3.36. The van der Waals surface area contributed by atoms with Gasteiger partial charge in [-0.25, -0.2) is 4.39 Å². The van der Waals surface area contributed by atoms with E-state index >= 15 is 0 Å². The van der Waals surface area contributed by atoms with Gasteiger partial charge in [0.15, 0.2) is 0 Å². The normalized spacial score (nSPS) is 13.8. The van der Waals surface area contributed by atoms with Crippen LogP contribution in [0, 0.1) is 5.82 Å². The summed E-state index contributed by atoms with van der Waals surface area (Å²) in [6.07, 6.45) is 0.230. The maximum atomic E-state index is 13.7. The highest BCUT2D eigenvalue weighted by atomic mass is 19.1. The van der Waals surface area contributed by atoms with E-state index in [1.54, 1.807) is 25.1 Å². The van der Waals surface area contributed by atoms with Gasteiger partial charge in [0.25, 0.3) is 0 Å². The highest BCUT2D eigenvalue weighted by Gasteiger charge is 2.24. The van der Waals surface area contributed by atoms with E-state index < -0.39 is 5.60 Å². The molecule has 1 N–H and O–H groups in total. The number of hydrogen-bond acceptors (Lipinski definition) is 2. The molecule has 2 nitrogen and oxygen atoms in total. The Morgan fingerprint density at radius 1 is 1.10 bits per heavy atom.